The van der Waals surface area contributed by atoms with Crippen LogP contribution in [0.2, 0.25) is 0 Å². The summed E-state index contributed by atoms with van der Waals surface area (Å²) in [7, 11) is 1.90. The van der Waals surface area contributed by atoms with Crippen molar-refractivity contribution in [2.24, 2.45) is 5.73 Å². The second kappa shape index (κ2) is 21.1. The van der Waals surface area contributed by atoms with Crippen LogP contribution in [0.4, 0.5) is 11.4 Å². The number of anilines is 2. The molecule has 0 aliphatic carbocycles. The third-order valence-electron chi connectivity index (χ3n) is 11.8. The van der Waals surface area contributed by atoms with Crippen molar-refractivity contribution in [1.82, 2.24) is 25.8 Å². The number of amidine groups is 1. The van der Waals surface area contributed by atoms with E-state index in [4.69, 9.17) is 11.1 Å². The van der Waals surface area contributed by atoms with Gasteiger partial charge in [-0.3, -0.25) is 34.4 Å². The fraction of sp³-hybridized carbons (Fsp3) is 0.396. The number of likely N-dealkylation sites (N-methyl/N-ethyl adjacent to an activating group) is 2. The number of hydrogen-bond acceptors (Lipinski definition) is 8. The summed E-state index contributed by atoms with van der Waals surface area (Å²) in [5.41, 5.74) is 9.41. The van der Waals surface area contributed by atoms with E-state index in [0.29, 0.717) is 49.5 Å². The molecule has 4 aliphatic rings. The number of amides is 4. The molecular formula is C48H63N9O4. The van der Waals surface area contributed by atoms with Gasteiger partial charge in [-0.1, -0.05) is 85.8 Å². The van der Waals surface area contributed by atoms with Crippen LogP contribution in [0.25, 0.3) is 0 Å². The van der Waals surface area contributed by atoms with E-state index in [9.17, 15) is 19.2 Å². The molecule has 0 fully saturated rings. The van der Waals surface area contributed by atoms with E-state index in [1.54, 1.807) is 36.4 Å². The van der Waals surface area contributed by atoms with Crippen molar-refractivity contribution in [1.29, 1.82) is 5.41 Å². The molecule has 0 saturated carbocycles. The first-order chi connectivity index (χ1) is 29.1. The third-order valence-corrected chi connectivity index (χ3v) is 11.8. The number of carbonyl (C=O) groups is 4. The molecule has 4 aromatic carbocycles. The zero-order valence-corrected chi connectivity index (χ0v) is 36.4. The molecule has 324 valence electrons. The molecule has 4 heterocycles. The van der Waals surface area contributed by atoms with Gasteiger partial charge in [0, 0.05) is 43.0 Å². The van der Waals surface area contributed by atoms with Crippen molar-refractivity contribution in [2.45, 2.75) is 90.0 Å². The minimum atomic E-state index is -0.931. The normalized spacial score (nSPS) is 19.3. The highest BCUT2D eigenvalue weighted by molar-refractivity contribution is 5.98. The summed E-state index contributed by atoms with van der Waals surface area (Å²) in [5, 5.41) is 23.3. The van der Waals surface area contributed by atoms with Gasteiger partial charge in [-0.15, -0.1) is 0 Å². The first-order valence-electron chi connectivity index (χ1n) is 21.1. The number of nitrogens with two attached hydrogens (primary N) is 1. The molecular weight excluding hydrogens is 767 g/mol. The number of carbonyl (C=O) groups excluding carboxylic acids is 4. The number of aryl methyl sites for hydroxylation is 1. The van der Waals surface area contributed by atoms with Crippen LogP contribution in [0.15, 0.2) is 103 Å². The van der Waals surface area contributed by atoms with E-state index < -0.39 is 23.2 Å². The van der Waals surface area contributed by atoms with E-state index in [1.807, 2.05) is 101 Å². The third kappa shape index (κ3) is 12.8. The zero-order valence-electron chi connectivity index (χ0n) is 36.4. The van der Waals surface area contributed by atoms with Crippen LogP contribution in [0.3, 0.4) is 0 Å². The smallest absolute Gasteiger partial charge is 0.244 e. The molecule has 2 atom stereocenters. The maximum absolute atomic E-state index is 14.3. The Bertz CT molecular complexity index is 2100. The molecule has 8 rings (SSSR count). The lowest BCUT2D eigenvalue weighted by molar-refractivity contribution is -0.130. The second-order valence-corrected chi connectivity index (χ2v) is 16.8. The van der Waals surface area contributed by atoms with Crippen LogP contribution in [-0.2, 0) is 45.0 Å². The Hall–Kier alpha value is -5.89. The minimum Gasteiger partial charge on any atom is -0.384 e. The van der Waals surface area contributed by atoms with E-state index in [-0.39, 0.29) is 42.4 Å². The van der Waals surface area contributed by atoms with Crippen LogP contribution < -0.4 is 32.3 Å². The van der Waals surface area contributed by atoms with E-state index >= 15 is 0 Å². The lowest BCUT2D eigenvalue weighted by Gasteiger charge is -2.40. The minimum absolute atomic E-state index is 0.0431. The molecule has 4 bridgehead atoms. The summed E-state index contributed by atoms with van der Waals surface area (Å²) < 4.78 is 0. The standard InChI is InChI=1S/C48H63N9O4/c1-7-57-29-28-56(6)47(2,3)45(60)53-38-25-19-35(20-26-38)31-41(43(58)52-32-36-15-21-37(22-16-36)42(49)50)55-44(59)40(51-27-11-14-33-12-9-8-10-13-33)30-34-17-23-39(24-18-34)54-46(61)48(57,4)5/h8-10,12-13,15-26,40-41,51H,7,11,14,27-32H2,1-6H3,(H3,49,50)(H,52,58)(H,53,60)(H,54,61)(H,55,59)/t40-,41+/m1/s1. The lowest BCUT2D eigenvalue weighted by Crippen LogP contribution is -2.57. The Labute approximate surface area is 360 Å². The van der Waals surface area contributed by atoms with E-state index in [1.165, 1.54) is 5.56 Å². The largest absolute Gasteiger partial charge is 0.384 e. The van der Waals surface area contributed by atoms with Crippen molar-refractivity contribution in [2.75, 3.05) is 43.9 Å². The molecule has 4 amide bonds. The highest BCUT2D eigenvalue weighted by Gasteiger charge is 2.37. The second-order valence-electron chi connectivity index (χ2n) is 16.8. The lowest BCUT2D eigenvalue weighted by atomic mass is 9.99. The van der Waals surface area contributed by atoms with Gasteiger partial charge in [-0.05, 0) is 114 Å². The predicted octanol–water partition coefficient (Wildman–Crippen LogP) is 4.85. The summed E-state index contributed by atoms with van der Waals surface area (Å²) >= 11 is 0. The summed E-state index contributed by atoms with van der Waals surface area (Å²) in [4.78, 5) is 59.9. The Morgan fingerprint density at radius 3 is 1.92 bits per heavy atom. The van der Waals surface area contributed by atoms with Crippen LogP contribution in [0.5, 0.6) is 0 Å². The number of hydrogen-bond donors (Lipinski definition) is 7. The van der Waals surface area contributed by atoms with E-state index in [0.717, 1.165) is 29.5 Å². The first-order valence-corrected chi connectivity index (χ1v) is 21.1. The monoisotopic (exact) mass is 830 g/mol. The SMILES string of the molecule is CCN1CCN(C)C(C)(C)C(=O)Nc2ccc(cc2)C[C@@H](C(=O)NCc2ccc(C(=N)N)cc2)NC(=O)[C@H](NCCCc2ccccc2)Cc2ccc(cc2)NC(=O)C1(C)C. The molecule has 8 N–H and O–H groups in total. The maximum Gasteiger partial charge on any atom is 0.244 e. The summed E-state index contributed by atoms with van der Waals surface area (Å²) in [6, 6.07) is 30.5. The molecule has 0 aromatic heterocycles. The molecule has 13 nitrogen and oxygen atoms in total. The Balaban J connectivity index is 1.44. The summed E-state index contributed by atoms with van der Waals surface area (Å²) in [6.07, 6.45) is 2.18. The van der Waals surface area contributed by atoms with Gasteiger partial charge in [0.2, 0.25) is 23.6 Å². The van der Waals surface area contributed by atoms with Crippen LogP contribution >= 0.6 is 0 Å². The highest BCUT2D eigenvalue weighted by Crippen LogP contribution is 2.22. The molecule has 0 spiro atoms. The van der Waals surface area contributed by atoms with Gasteiger partial charge in [0.25, 0.3) is 0 Å². The zero-order chi connectivity index (χ0) is 44.2. The number of rotatable bonds is 10. The van der Waals surface area contributed by atoms with E-state index in [2.05, 4.69) is 43.6 Å². The first kappa shape index (κ1) is 46.2. The Morgan fingerprint density at radius 2 is 1.34 bits per heavy atom. The van der Waals surface area contributed by atoms with Crippen molar-refractivity contribution in [3.63, 3.8) is 0 Å². The quantitative estimate of drug-likeness (QED) is 0.0673. The van der Waals surface area contributed by atoms with Crippen molar-refractivity contribution >= 4 is 40.8 Å². The predicted molar refractivity (Wildman–Crippen MR) is 243 cm³/mol. The van der Waals surface area contributed by atoms with Gasteiger partial charge in [0.1, 0.15) is 11.9 Å². The average Bonchev–Trinajstić information content (AvgIpc) is 3.24. The molecule has 0 unspecified atom stereocenters. The summed E-state index contributed by atoms with van der Waals surface area (Å²) in [5.74, 6) is -1.08. The van der Waals surface area contributed by atoms with Gasteiger partial charge in [-0.25, -0.2) is 0 Å². The Kier molecular flexibility index (Phi) is 16.0. The maximum atomic E-state index is 14.3. The van der Waals surface area contributed by atoms with Gasteiger partial charge in [-0.2, -0.15) is 0 Å². The number of benzene rings is 4. The molecule has 4 aliphatic heterocycles. The van der Waals surface area contributed by atoms with Crippen LogP contribution in [0.1, 0.15) is 68.9 Å². The number of nitrogens with zero attached hydrogens (tertiary/aromatic N) is 2. The molecule has 0 radical (unpaired) electrons. The van der Waals surface area contributed by atoms with Gasteiger partial charge < -0.3 is 32.3 Å². The fourth-order valence-electron chi connectivity index (χ4n) is 7.26. The number of nitrogens with one attached hydrogen (secondary N) is 6. The molecule has 13 heteroatoms. The molecule has 0 saturated heterocycles. The van der Waals surface area contributed by atoms with Crippen molar-refractivity contribution in [3.8, 4) is 0 Å². The molecule has 61 heavy (non-hydrogen) atoms. The molecule has 4 aromatic rings. The van der Waals surface area contributed by atoms with Crippen LogP contribution in [0, 0.1) is 5.41 Å². The van der Waals surface area contributed by atoms with Gasteiger partial charge in [0.15, 0.2) is 0 Å². The average molecular weight is 830 g/mol. The van der Waals surface area contributed by atoms with Crippen LogP contribution in [-0.4, -0.2) is 95.7 Å². The van der Waals surface area contributed by atoms with Gasteiger partial charge in [0.05, 0.1) is 17.1 Å². The number of nitrogen functional groups attached to an aromatic ring is 1. The van der Waals surface area contributed by atoms with Crippen molar-refractivity contribution < 1.29 is 19.2 Å². The topological polar surface area (TPSA) is 185 Å². The Morgan fingerprint density at radius 1 is 0.770 bits per heavy atom. The fourth-order valence-corrected chi connectivity index (χ4v) is 7.26. The van der Waals surface area contributed by atoms with Gasteiger partial charge >= 0.3 is 0 Å². The van der Waals surface area contributed by atoms with Crippen molar-refractivity contribution in [3.05, 3.63) is 131 Å². The summed E-state index contributed by atoms with van der Waals surface area (Å²) in [6.45, 7) is 12.1. The highest BCUT2D eigenvalue weighted by atomic mass is 16.2.